The van der Waals surface area contributed by atoms with Gasteiger partial charge in [-0.25, -0.2) is 0 Å². The van der Waals surface area contributed by atoms with Gasteiger partial charge in [0.05, 0.1) is 29.6 Å². The number of nitrogens with one attached hydrogen (secondary N) is 1. The number of nitrogens with zero attached hydrogens (tertiary/aromatic N) is 1. The number of ether oxygens (including phenoxy) is 1. The van der Waals surface area contributed by atoms with Gasteiger partial charge in [0.25, 0.3) is 5.91 Å². The van der Waals surface area contributed by atoms with E-state index in [-0.39, 0.29) is 5.91 Å². The van der Waals surface area contributed by atoms with E-state index >= 15 is 0 Å². The quantitative estimate of drug-likeness (QED) is 0.846. The number of anilines is 2. The van der Waals surface area contributed by atoms with Crippen molar-refractivity contribution in [2.45, 2.75) is 0 Å². The Hall–Kier alpha value is -2.27. The van der Waals surface area contributed by atoms with Gasteiger partial charge < -0.3 is 15.8 Å². The summed E-state index contributed by atoms with van der Waals surface area (Å²) in [7, 11) is 1.48. The van der Waals surface area contributed by atoms with Gasteiger partial charge in [0, 0.05) is 11.9 Å². The molecule has 0 aliphatic rings. The highest BCUT2D eigenvalue weighted by molar-refractivity contribution is 6.33. The molecule has 1 heterocycles. The summed E-state index contributed by atoms with van der Waals surface area (Å²) in [5.41, 5.74) is 7.02. The third-order valence-electron chi connectivity index (χ3n) is 2.51. The van der Waals surface area contributed by atoms with Gasteiger partial charge in [0.2, 0.25) is 0 Å². The Morgan fingerprint density at radius 1 is 1.42 bits per heavy atom. The topological polar surface area (TPSA) is 77.2 Å². The monoisotopic (exact) mass is 277 g/mol. The van der Waals surface area contributed by atoms with Crippen LogP contribution in [0.25, 0.3) is 0 Å². The van der Waals surface area contributed by atoms with Gasteiger partial charge in [-0.05, 0) is 24.3 Å². The van der Waals surface area contributed by atoms with Crippen LogP contribution in [-0.4, -0.2) is 18.0 Å². The van der Waals surface area contributed by atoms with Crippen molar-refractivity contribution in [1.82, 2.24) is 4.98 Å². The number of benzene rings is 1. The highest BCUT2D eigenvalue weighted by atomic mass is 35.5. The number of nitrogens with two attached hydrogens (primary N) is 1. The van der Waals surface area contributed by atoms with Crippen LogP contribution in [0.15, 0.2) is 36.7 Å². The Bertz CT molecular complexity index is 617. The standard InChI is InChI=1S/C13H12ClN3O2/c1-19-12-7-16-5-4-9(12)13(18)17-8-2-3-11(15)10(14)6-8/h2-7H,15H2,1H3,(H,17,18). The molecule has 1 amide bonds. The maximum Gasteiger partial charge on any atom is 0.259 e. The second-order valence-corrected chi connectivity index (χ2v) is 4.17. The number of carbonyl (C=O) groups is 1. The lowest BCUT2D eigenvalue weighted by atomic mass is 10.2. The summed E-state index contributed by atoms with van der Waals surface area (Å²) in [5, 5.41) is 3.10. The van der Waals surface area contributed by atoms with E-state index in [1.54, 1.807) is 24.3 Å². The maximum atomic E-state index is 12.1. The molecule has 0 radical (unpaired) electrons. The van der Waals surface area contributed by atoms with Crippen LogP contribution >= 0.6 is 11.6 Å². The molecule has 0 spiro atoms. The number of amides is 1. The molecule has 0 atom stereocenters. The van der Waals surface area contributed by atoms with E-state index in [1.807, 2.05) is 0 Å². The third-order valence-corrected chi connectivity index (χ3v) is 2.83. The van der Waals surface area contributed by atoms with Crippen molar-refractivity contribution in [1.29, 1.82) is 0 Å². The molecule has 1 aromatic heterocycles. The largest absolute Gasteiger partial charge is 0.494 e. The number of aromatic nitrogens is 1. The summed E-state index contributed by atoms with van der Waals surface area (Å²) < 4.78 is 5.08. The summed E-state index contributed by atoms with van der Waals surface area (Å²) in [5.74, 6) is 0.0987. The highest BCUT2D eigenvalue weighted by Crippen LogP contribution is 2.24. The molecule has 6 heteroatoms. The predicted molar refractivity (Wildman–Crippen MR) is 74.6 cm³/mol. The van der Waals surface area contributed by atoms with Crippen molar-refractivity contribution in [2.75, 3.05) is 18.2 Å². The Balaban J connectivity index is 2.23. The Kier molecular flexibility index (Phi) is 3.87. The zero-order chi connectivity index (χ0) is 13.8. The Morgan fingerprint density at radius 3 is 2.89 bits per heavy atom. The molecule has 0 bridgehead atoms. The molecule has 0 aliphatic carbocycles. The van der Waals surface area contributed by atoms with E-state index in [2.05, 4.69) is 10.3 Å². The van der Waals surface area contributed by atoms with Crippen LogP contribution in [0.1, 0.15) is 10.4 Å². The minimum atomic E-state index is -0.305. The lowest BCUT2D eigenvalue weighted by Gasteiger charge is -2.09. The molecular formula is C13H12ClN3O2. The van der Waals surface area contributed by atoms with Crippen LogP contribution < -0.4 is 15.8 Å². The number of nitrogen functional groups attached to an aromatic ring is 1. The molecule has 0 unspecified atom stereocenters. The second kappa shape index (κ2) is 5.58. The van der Waals surface area contributed by atoms with Gasteiger partial charge in [-0.15, -0.1) is 0 Å². The van der Waals surface area contributed by atoms with Crippen LogP contribution in [-0.2, 0) is 0 Å². The zero-order valence-corrected chi connectivity index (χ0v) is 10.9. The molecule has 0 saturated carbocycles. The predicted octanol–water partition coefficient (Wildman–Crippen LogP) is 2.58. The van der Waals surface area contributed by atoms with Crippen LogP contribution in [0.3, 0.4) is 0 Å². The number of rotatable bonds is 3. The Morgan fingerprint density at radius 2 is 2.21 bits per heavy atom. The normalized spacial score (nSPS) is 10.0. The van der Waals surface area contributed by atoms with Crippen molar-refractivity contribution in [3.05, 3.63) is 47.2 Å². The minimum absolute atomic E-state index is 0.305. The molecule has 0 saturated heterocycles. The van der Waals surface area contributed by atoms with E-state index < -0.39 is 0 Å². The summed E-state index contributed by atoms with van der Waals surface area (Å²) in [6, 6.07) is 6.46. The van der Waals surface area contributed by atoms with Crippen molar-refractivity contribution in [2.24, 2.45) is 0 Å². The number of halogens is 1. The van der Waals surface area contributed by atoms with Gasteiger partial charge in [-0.2, -0.15) is 0 Å². The number of hydrogen-bond acceptors (Lipinski definition) is 4. The average Bonchev–Trinajstić information content (AvgIpc) is 2.43. The fourth-order valence-corrected chi connectivity index (χ4v) is 1.71. The summed E-state index contributed by atoms with van der Waals surface area (Å²) in [6.07, 6.45) is 3.00. The van der Waals surface area contributed by atoms with E-state index in [4.69, 9.17) is 22.1 Å². The van der Waals surface area contributed by atoms with E-state index in [0.717, 1.165) is 0 Å². The van der Waals surface area contributed by atoms with Crippen LogP contribution in [0.2, 0.25) is 5.02 Å². The molecule has 1 aromatic carbocycles. The first-order valence-electron chi connectivity index (χ1n) is 5.46. The van der Waals surface area contributed by atoms with Gasteiger partial charge in [0.15, 0.2) is 0 Å². The van der Waals surface area contributed by atoms with Gasteiger partial charge in [-0.3, -0.25) is 9.78 Å². The number of hydrogen-bond donors (Lipinski definition) is 2. The van der Waals surface area contributed by atoms with Crippen molar-refractivity contribution in [3.8, 4) is 5.75 Å². The molecule has 98 valence electrons. The number of carbonyl (C=O) groups excluding carboxylic acids is 1. The summed E-state index contributed by atoms with van der Waals surface area (Å²) in [6.45, 7) is 0. The summed E-state index contributed by atoms with van der Waals surface area (Å²) >= 11 is 5.89. The molecule has 19 heavy (non-hydrogen) atoms. The van der Waals surface area contributed by atoms with E-state index in [1.165, 1.54) is 19.5 Å². The molecule has 3 N–H and O–H groups in total. The molecule has 0 aliphatic heterocycles. The SMILES string of the molecule is COc1cnccc1C(=O)Nc1ccc(N)c(Cl)c1. The van der Waals surface area contributed by atoms with Crippen LogP contribution in [0.5, 0.6) is 5.75 Å². The summed E-state index contributed by atoms with van der Waals surface area (Å²) in [4.78, 5) is 16.0. The fraction of sp³-hybridized carbons (Fsp3) is 0.0769. The average molecular weight is 278 g/mol. The van der Waals surface area contributed by atoms with Crippen molar-refractivity contribution in [3.63, 3.8) is 0 Å². The van der Waals surface area contributed by atoms with Gasteiger partial charge in [0.1, 0.15) is 5.75 Å². The highest BCUT2D eigenvalue weighted by Gasteiger charge is 2.12. The maximum absolute atomic E-state index is 12.1. The van der Waals surface area contributed by atoms with Crippen molar-refractivity contribution < 1.29 is 9.53 Å². The van der Waals surface area contributed by atoms with E-state index in [9.17, 15) is 4.79 Å². The molecule has 2 aromatic rings. The van der Waals surface area contributed by atoms with Crippen LogP contribution in [0, 0.1) is 0 Å². The number of pyridine rings is 1. The van der Waals surface area contributed by atoms with Gasteiger partial charge >= 0.3 is 0 Å². The molecule has 2 rings (SSSR count). The van der Waals surface area contributed by atoms with E-state index in [0.29, 0.717) is 27.7 Å². The lowest BCUT2D eigenvalue weighted by Crippen LogP contribution is -2.13. The number of methoxy groups -OCH3 is 1. The fourth-order valence-electron chi connectivity index (χ4n) is 1.53. The molecule has 0 fully saturated rings. The first-order valence-corrected chi connectivity index (χ1v) is 5.84. The van der Waals surface area contributed by atoms with Gasteiger partial charge in [-0.1, -0.05) is 11.6 Å². The first-order chi connectivity index (χ1) is 9.11. The minimum Gasteiger partial charge on any atom is -0.494 e. The first kappa shape index (κ1) is 13.2. The zero-order valence-electron chi connectivity index (χ0n) is 10.2. The van der Waals surface area contributed by atoms with Crippen LogP contribution in [0.4, 0.5) is 11.4 Å². The Labute approximate surface area is 115 Å². The second-order valence-electron chi connectivity index (χ2n) is 3.77. The van der Waals surface area contributed by atoms with Crippen molar-refractivity contribution >= 4 is 28.9 Å². The smallest absolute Gasteiger partial charge is 0.259 e. The molecular weight excluding hydrogens is 266 g/mol. The molecule has 5 nitrogen and oxygen atoms in total. The third kappa shape index (κ3) is 2.95. The lowest BCUT2D eigenvalue weighted by molar-refractivity contribution is 0.102.